The molecule has 9 heteroatoms. The van der Waals surface area contributed by atoms with Gasteiger partial charge < -0.3 is 0 Å². The Bertz CT molecular complexity index is 666. The van der Waals surface area contributed by atoms with Crippen molar-refractivity contribution in [1.29, 1.82) is 0 Å². The van der Waals surface area contributed by atoms with E-state index >= 15 is 0 Å². The molecule has 0 radical (unpaired) electrons. The van der Waals surface area contributed by atoms with Gasteiger partial charge in [-0.05, 0) is 12.1 Å². The van der Waals surface area contributed by atoms with Crippen LogP contribution in [0, 0.1) is 0 Å². The summed E-state index contributed by atoms with van der Waals surface area (Å²) in [5.41, 5.74) is -3.54. The molecule has 0 spiro atoms. The van der Waals surface area contributed by atoms with Crippen molar-refractivity contribution >= 4 is 11.6 Å². The van der Waals surface area contributed by atoms with E-state index < -0.39 is 29.0 Å². The molecule has 112 valence electrons. The lowest BCUT2D eigenvalue weighted by atomic mass is 10.0. The Labute approximate surface area is 119 Å². The fraction of sp³-hybridized carbons (Fsp3) is 0.167. The van der Waals surface area contributed by atoms with E-state index in [1.54, 1.807) is 0 Å². The van der Waals surface area contributed by atoms with Crippen molar-refractivity contribution in [3.8, 4) is 11.3 Å². The van der Waals surface area contributed by atoms with Crippen LogP contribution in [0.15, 0.2) is 30.6 Å². The summed E-state index contributed by atoms with van der Waals surface area (Å²) in [6, 6.07) is 2.36. The first-order valence-electron chi connectivity index (χ1n) is 5.35. The van der Waals surface area contributed by atoms with Gasteiger partial charge >= 0.3 is 12.4 Å². The number of halogens is 7. The van der Waals surface area contributed by atoms with E-state index in [1.807, 2.05) is 0 Å². The first-order chi connectivity index (χ1) is 9.59. The Morgan fingerprint density at radius 2 is 1.52 bits per heavy atom. The van der Waals surface area contributed by atoms with Gasteiger partial charge in [0.1, 0.15) is 11.5 Å². The third-order valence-electron chi connectivity index (χ3n) is 2.56. The highest BCUT2D eigenvalue weighted by molar-refractivity contribution is 6.29. The van der Waals surface area contributed by atoms with Gasteiger partial charge in [-0.3, -0.25) is 0 Å². The Kier molecular flexibility index (Phi) is 3.83. The van der Waals surface area contributed by atoms with Crippen molar-refractivity contribution in [2.75, 3.05) is 0 Å². The topological polar surface area (TPSA) is 25.8 Å². The van der Waals surface area contributed by atoms with Crippen molar-refractivity contribution in [1.82, 2.24) is 9.97 Å². The van der Waals surface area contributed by atoms with Crippen molar-refractivity contribution in [2.24, 2.45) is 0 Å². The summed E-state index contributed by atoms with van der Waals surface area (Å²) >= 11 is 5.55. The first kappa shape index (κ1) is 15.6. The molecule has 1 heterocycles. The zero-order chi connectivity index (χ0) is 15.8. The number of hydrogen-bond donors (Lipinski definition) is 0. The molecule has 2 rings (SSSR count). The lowest BCUT2D eigenvalue weighted by Gasteiger charge is -2.15. The van der Waals surface area contributed by atoms with E-state index in [0.717, 1.165) is 12.4 Å². The van der Waals surface area contributed by atoms with Gasteiger partial charge in [0.2, 0.25) is 0 Å². The van der Waals surface area contributed by atoms with E-state index in [1.165, 1.54) is 0 Å². The molecule has 1 aromatic carbocycles. The summed E-state index contributed by atoms with van der Waals surface area (Å²) < 4.78 is 76.5. The zero-order valence-corrected chi connectivity index (χ0v) is 10.7. The molecule has 0 atom stereocenters. The Hall–Kier alpha value is -1.83. The number of hydrogen-bond acceptors (Lipinski definition) is 2. The maximum Gasteiger partial charge on any atom is 0.417 e. The molecule has 0 unspecified atom stereocenters. The minimum absolute atomic E-state index is 0.0470. The van der Waals surface area contributed by atoms with Crippen LogP contribution in [0.1, 0.15) is 11.1 Å². The standard InChI is InChI=1S/C12H5ClF6N2/c13-10-4-9(20-5-21-10)7-2-1-6(11(14,15)16)3-8(7)12(17,18)19/h1-5H. The average molecular weight is 327 g/mol. The summed E-state index contributed by atoms with van der Waals surface area (Å²) in [6.07, 6.45) is -8.91. The van der Waals surface area contributed by atoms with Gasteiger partial charge in [0.15, 0.2) is 0 Å². The highest BCUT2D eigenvalue weighted by Gasteiger charge is 2.38. The maximum absolute atomic E-state index is 13.0. The monoisotopic (exact) mass is 326 g/mol. The summed E-state index contributed by atoms with van der Waals surface area (Å²) in [4.78, 5) is 7.11. The van der Waals surface area contributed by atoms with Gasteiger partial charge in [0.25, 0.3) is 0 Å². The second kappa shape index (κ2) is 5.18. The lowest BCUT2D eigenvalue weighted by Crippen LogP contribution is -2.12. The van der Waals surface area contributed by atoms with Gasteiger partial charge in [-0.25, -0.2) is 9.97 Å². The van der Waals surface area contributed by atoms with E-state index in [9.17, 15) is 26.3 Å². The number of aromatic nitrogens is 2. The average Bonchev–Trinajstić information content (AvgIpc) is 2.36. The predicted molar refractivity (Wildman–Crippen MR) is 62.5 cm³/mol. The minimum atomic E-state index is -4.96. The van der Waals surface area contributed by atoms with Crippen LogP contribution in [0.3, 0.4) is 0 Å². The van der Waals surface area contributed by atoms with E-state index in [2.05, 4.69) is 9.97 Å². The van der Waals surface area contributed by atoms with Crippen molar-refractivity contribution in [2.45, 2.75) is 12.4 Å². The molecule has 0 aliphatic rings. The maximum atomic E-state index is 13.0. The normalized spacial score (nSPS) is 12.5. The number of alkyl halides is 6. The second-order valence-electron chi connectivity index (χ2n) is 3.98. The van der Waals surface area contributed by atoms with E-state index in [-0.39, 0.29) is 16.9 Å². The molecule has 1 aromatic heterocycles. The molecule has 0 aliphatic heterocycles. The summed E-state index contributed by atoms with van der Waals surface area (Å²) in [5, 5.41) is -0.118. The minimum Gasteiger partial charge on any atom is -0.236 e. The summed E-state index contributed by atoms with van der Waals surface area (Å²) in [5.74, 6) is 0. The smallest absolute Gasteiger partial charge is 0.236 e. The highest BCUT2D eigenvalue weighted by Crippen LogP contribution is 2.40. The summed E-state index contributed by atoms with van der Waals surface area (Å²) in [6.45, 7) is 0. The molecular formula is C12H5ClF6N2. The van der Waals surface area contributed by atoms with Gasteiger partial charge in [0, 0.05) is 11.6 Å². The molecule has 0 saturated carbocycles. The van der Waals surface area contributed by atoms with Gasteiger partial charge in [0.05, 0.1) is 16.8 Å². The Balaban J connectivity index is 2.67. The molecule has 2 nitrogen and oxygen atoms in total. The molecule has 0 aliphatic carbocycles. The van der Waals surface area contributed by atoms with Crippen LogP contribution in [-0.4, -0.2) is 9.97 Å². The Morgan fingerprint density at radius 3 is 2.05 bits per heavy atom. The quantitative estimate of drug-likeness (QED) is 0.554. The largest absolute Gasteiger partial charge is 0.417 e. The fourth-order valence-corrected chi connectivity index (χ4v) is 1.81. The van der Waals surface area contributed by atoms with Crippen LogP contribution in [0.5, 0.6) is 0 Å². The van der Waals surface area contributed by atoms with Crippen molar-refractivity contribution in [3.05, 3.63) is 46.9 Å². The SMILES string of the molecule is FC(F)(F)c1ccc(-c2cc(Cl)ncn2)c(C(F)(F)F)c1. The zero-order valence-electron chi connectivity index (χ0n) is 9.93. The molecule has 0 bridgehead atoms. The molecule has 0 fully saturated rings. The van der Waals surface area contributed by atoms with E-state index in [4.69, 9.17) is 11.6 Å². The van der Waals surface area contributed by atoms with Gasteiger partial charge in [-0.1, -0.05) is 17.7 Å². The molecule has 21 heavy (non-hydrogen) atoms. The molecule has 0 saturated heterocycles. The number of rotatable bonds is 1. The summed E-state index contributed by atoms with van der Waals surface area (Å²) in [7, 11) is 0. The molecule has 0 amide bonds. The molecular weight excluding hydrogens is 322 g/mol. The highest BCUT2D eigenvalue weighted by atomic mass is 35.5. The van der Waals surface area contributed by atoms with Crippen LogP contribution in [0.2, 0.25) is 5.15 Å². The first-order valence-corrected chi connectivity index (χ1v) is 5.73. The molecule has 2 aromatic rings. The van der Waals surface area contributed by atoms with E-state index in [0.29, 0.717) is 12.1 Å². The van der Waals surface area contributed by atoms with Crippen LogP contribution >= 0.6 is 11.6 Å². The lowest BCUT2D eigenvalue weighted by molar-refractivity contribution is -0.142. The van der Waals surface area contributed by atoms with Gasteiger partial charge in [-0.2, -0.15) is 26.3 Å². The van der Waals surface area contributed by atoms with Crippen molar-refractivity contribution in [3.63, 3.8) is 0 Å². The van der Waals surface area contributed by atoms with Crippen LogP contribution in [-0.2, 0) is 12.4 Å². The van der Waals surface area contributed by atoms with Crippen LogP contribution in [0.25, 0.3) is 11.3 Å². The van der Waals surface area contributed by atoms with Crippen LogP contribution < -0.4 is 0 Å². The van der Waals surface area contributed by atoms with Crippen molar-refractivity contribution < 1.29 is 26.3 Å². The Morgan fingerprint density at radius 1 is 0.857 bits per heavy atom. The van der Waals surface area contributed by atoms with Crippen LogP contribution in [0.4, 0.5) is 26.3 Å². The third-order valence-corrected chi connectivity index (χ3v) is 2.77. The molecule has 0 N–H and O–H groups in total. The number of benzene rings is 1. The second-order valence-corrected chi connectivity index (χ2v) is 4.37. The third kappa shape index (κ3) is 3.44. The fourth-order valence-electron chi connectivity index (χ4n) is 1.66. The predicted octanol–water partition coefficient (Wildman–Crippen LogP) is 4.83. The number of nitrogens with zero attached hydrogens (tertiary/aromatic N) is 2. The van der Waals surface area contributed by atoms with Gasteiger partial charge in [-0.15, -0.1) is 0 Å².